The fourth-order valence-electron chi connectivity index (χ4n) is 5.14. The number of carbonyl (C=O) groups excluding carboxylic acids is 1. The summed E-state index contributed by atoms with van der Waals surface area (Å²) in [6, 6.07) is 8.29. The zero-order chi connectivity index (χ0) is 26.8. The number of esters is 1. The molecule has 1 aromatic carbocycles. The van der Waals surface area contributed by atoms with E-state index in [-0.39, 0.29) is 12.1 Å². The number of benzene rings is 1. The lowest BCUT2D eigenvalue weighted by Gasteiger charge is -2.30. The van der Waals surface area contributed by atoms with Crippen LogP contribution in [0.25, 0.3) is 11.0 Å². The highest BCUT2D eigenvalue weighted by Gasteiger charge is 2.23. The molecule has 0 atom stereocenters. The number of fused-ring (bicyclic) bond motifs is 1. The summed E-state index contributed by atoms with van der Waals surface area (Å²) in [4.78, 5) is 28.0. The molecule has 0 amide bonds. The van der Waals surface area contributed by atoms with E-state index in [1.165, 1.54) is 29.6 Å². The Labute approximate surface area is 227 Å². The minimum absolute atomic E-state index is 0.0578. The molecule has 200 valence electrons. The summed E-state index contributed by atoms with van der Waals surface area (Å²) in [5.41, 5.74) is 5.98. The van der Waals surface area contributed by atoms with E-state index in [0.717, 1.165) is 48.3 Å². The van der Waals surface area contributed by atoms with Crippen LogP contribution in [0.1, 0.15) is 64.8 Å². The van der Waals surface area contributed by atoms with E-state index >= 15 is 0 Å². The number of H-pyrrole nitrogens is 1. The van der Waals surface area contributed by atoms with Crippen molar-refractivity contribution in [1.29, 1.82) is 0 Å². The average Bonchev–Trinajstić information content (AvgIpc) is 3.55. The van der Waals surface area contributed by atoms with Gasteiger partial charge in [0.2, 0.25) is 0 Å². The number of piperidine rings is 1. The SMILES string of the molecule is COC(=O)c1sccc1Nc1nc(Cc2cc(C)c(C3CCN(C)CC3)cc2OC(C)C)nc2cc[nH]c12. The van der Waals surface area contributed by atoms with Crippen LogP contribution in [0.3, 0.4) is 0 Å². The summed E-state index contributed by atoms with van der Waals surface area (Å²) in [5.74, 6) is 2.36. The Balaban J connectivity index is 1.49. The van der Waals surface area contributed by atoms with Crippen molar-refractivity contribution < 1.29 is 14.3 Å². The van der Waals surface area contributed by atoms with Crippen LogP contribution in [0.2, 0.25) is 0 Å². The maximum atomic E-state index is 12.2. The molecule has 0 bridgehead atoms. The lowest BCUT2D eigenvalue weighted by molar-refractivity contribution is 0.0607. The highest BCUT2D eigenvalue weighted by Crippen LogP contribution is 2.36. The lowest BCUT2D eigenvalue weighted by Crippen LogP contribution is -2.29. The summed E-state index contributed by atoms with van der Waals surface area (Å²) in [6.07, 6.45) is 4.76. The van der Waals surface area contributed by atoms with E-state index in [0.29, 0.717) is 34.5 Å². The van der Waals surface area contributed by atoms with Crippen LogP contribution in [0.15, 0.2) is 35.8 Å². The molecule has 0 radical (unpaired) electrons. The molecule has 4 aromatic rings. The van der Waals surface area contributed by atoms with E-state index in [9.17, 15) is 4.79 Å². The Morgan fingerprint density at radius 3 is 2.76 bits per heavy atom. The molecule has 5 rings (SSSR count). The van der Waals surface area contributed by atoms with Gasteiger partial charge in [-0.15, -0.1) is 11.3 Å². The van der Waals surface area contributed by atoms with E-state index in [1.807, 2.05) is 23.7 Å². The average molecular weight is 534 g/mol. The van der Waals surface area contributed by atoms with E-state index < -0.39 is 0 Å². The van der Waals surface area contributed by atoms with Crippen molar-refractivity contribution >= 4 is 39.8 Å². The third-order valence-electron chi connectivity index (χ3n) is 7.06. The van der Waals surface area contributed by atoms with Crippen LogP contribution >= 0.6 is 11.3 Å². The van der Waals surface area contributed by atoms with E-state index in [2.05, 4.69) is 55.2 Å². The molecule has 2 N–H and O–H groups in total. The number of hydrogen-bond acceptors (Lipinski definition) is 8. The molecule has 0 aliphatic carbocycles. The minimum Gasteiger partial charge on any atom is -0.491 e. The second-order valence-corrected chi connectivity index (χ2v) is 11.2. The molecule has 0 unspecified atom stereocenters. The van der Waals surface area contributed by atoms with Crippen molar-refractivity contribution in [2.24, 2.45) is 0 Å². The number of nitrogens with zero attached hydrogens (tertiary/aromatic N) is 3. The normalized spacial score (nSPS) is 14.8. The Morgan fingerprint density at radius 1 is 1.24 bits per heavy atom. The van der Waals surface area contributed by atoms with Crippen LogP contribution in [-0.2, 0) is 11.2 Å². The van der Waals surface area contributed by atoms with Crippen molar-refractivity contribution in [2.45, 2.75) is 52.1 Å². The van der Waals surface area contributed by atoms with Gasteiger partial charge in [0.15, 0.2) is 5.82 Å². The number of aromatic nitrogens is 3. The van der Waals surface area contributed by atoms with Crippen LogP contribution in [0.4, 0.5) is 11.5 Å². The maximum Gasteiger partial charge on any atom is 0.350 e. The van der Waals surface area contributed by atoms with Crippen molar-refractivity contribution in [3.63, 3.8) is 0 Å². The van der Waals surface area contributed by atoms with Gasteiger partial charge in [0, 0.05) is 18.2 Å². The summed E-state index contributed by atoms with van der Waals surface area (Å²) in [7, 11) is 3.58. The molecule has 1 aliphatic rings. The van der Waals surface area contributed by atoms with Crippen molar-refractivity contribution in [2.75, 3.05) is 32.6 Å². The zero-order valence-electron chi connectivity index (χ0n) is 22.6. The number of thiophene rings is 1. The molecule has 38 heavy (non-hydrogen) atoms. The number of methoxy groups -OCH3 is 1. The fraction of sp³-hybridized carbons (Fsp3) is 0.414. The second-order valence-electron chi connectivity index (χ2n) is 10.2. The van der Waals surface area contributed by atoms with E-state index in [1.54, 1.807) is 0 Å². The number of aryl methyl sites for hydroxylation is 1. The zero-order valence-corrected chi connectivity index (χ0v) is 23.4. The predicted octanol–water partition coefficient (Wildman–Crippen LogP) is 6.05. The highest BCUT2D eigenvalue weighted by atomic mass is 32.1. The van der Waals surface area contributed by atoms with Gasteiger partial charge < -0.3 is 24.7 Å². The molecule has 0 spiro atoms. The monoisotopic (exact) mass is 533 g/mol. The number of rotatable bonds is 8. The molecule has 0 saturated carbocycles. The number of likely N-dealkylation sites (tertiary alicyclic amines) is 1. The standard InChI is InChI=1S/C29H35N5O3S/c1-17(2)37-24-16-21(19-7-11-34(4)12-8-19)18(3)14-20(24)15-25-31-22-6-10-30-26(22)28(33-25)32-23-9-13-38-27(23)29(35)36-5/h6,9-10,13-14,16-17,19,30H,7-8,11-12,15H2,1-5H3,(H,31,32,33). The topological polar surface area (TPSA) is 92.4 Å². The molecule has 4 heterocycles. The first-order valence-corrected chi connectivity index (χ1v) is 14.0. The van der Waals surface area contributed by atoms with Gasteiger partial charge in [-0.3, -0.25) is 0 Å². The lowest BCUT2D eigenvalue weighted by atomic mass is 9.85. The molecule has 9 heteroatoms. The Hall–Kier alpha value is -3.43. The summed E-state index contributed by atoms with van der Waals surface area (Å²) in [5, 5.41) is 5.18. The van der Waals surface area contributed by atoms with Gasteiger partial charge in [-0.1, -0.05) is 6.07 Å². The number of aromatic amines is 1. The van der Waals surface area contributed by atoms with Gasteiger partial charge in [0.05, 0.1) is 24.4 Å². The second kappa shape index (κ2) is 11.1. The number of anilines is 2. The van der Waals surface area contributed by atoms with Gasteiger partial charge >= 0.3 is 5.97 Å². The molecule has 3 aromatic heterocycles. The third-order valence-corrected chi connectivity index (χ3v) is 7.95. The van der Waals surface area contributed by atoms with Gasteiger partial charge in [-0.2, -0.15) is 0 Å². The molecule has 8 nitrogen and oxygen atoms in total. The van der Waals surface area contributed by atoms with Gasteiger partial charge in [-0.05, 0) is 94.4 Å². The Kier molecular flexibility index (Phi) is 7.67. The highest BCUT2D eigenvalue weighted by molar-refractivity contribution is 7.12. The maximum absolute atomic E-state index is 12.2. The number of carbonyl (C=O) groups is 1. The number of hydrogen-bond donors (Lipinski definition) is 2. The summed E-state index contributed by atoms with van der Waals surface area (Å²) < 4.78 is 11.3. The minimum atomic E-state index is -0.379. The smallest absolute Gasteiger partial charge is 0.350 e. The molecular formula is C29H35N5O3S. The van der Waals surface area contributed by atoms with Crippen LogP contribution in [0.5, 0.6) is 5.75 Å². The van der Waals surface area contributed by atoms with Crippen LogP contribution < -0.4 is 10.1 Å². The molecule has 1 saturated heterocycles. The Bertz CT molecular complexity index is 1440. The Morgan fingerprint density at radius 2 is 2.03 bits per heavy atom. The third kappa shape index (κ3) is 5.54. The number of nitrogens with one attached hydrogen (secondary N) is 2. The molecule has 1 fully saturated rings. The van der Waals surface area contributed by atoms with Gasteiger partial charge in [0.1, 0.15) is 22.0 Å². The predicted molar refractivity (Wildman–Crippen MR) is 152 cm³/mol. The van der Waals surface area contributed by atoms with E-state index in [4.69, 9.17) is 19.4 Å². The van der Waals surface area contributed by atoms with Crippen LogP contribution in [-0.4, -0.2) is 59.2 Å². The first-order valence-electron chi connectivity index (χ1n) is 13.1. The molecule has 1 aliphatic heterocycles. The fourth-order valence-corrected chi connectivity index (χ4v) is 5.91. The van der Waals surface area contributed by atoms with Crippen molar-refractivity contribution in [1.82, 2.24) is 19.9 Å². The van der Waals surface area contributed by atoms with Crippen molar-refractivity contribution in [3.05, 3.63) is 63.2 Å². The van der Waals surface area contributed by atoms with Crippen LogP contribution in [0, 0.1) is 6.92 Å². The van der Waals surface area contributed by atoms with Gasteiger partial charge in [0.25, 0.3) is 0 Å². The first kappa shape index (κ1) is 26.2. The van der Waals surface area contributed by atoms with Gasteiger partial charge in [-0.25, -0.2) is 14.8 Å². The number of ether oxygens (including phenoxy) is 2. The first-order chi connectivity index (χ1) is 18.3. The summed E-state index contributed by atoms with van der Waals surface area (Å²) in [6.45, 7) is 8.55. The molecular weight excluding hydrogens is 498 g/mol. The largest absolute Gasteiger partial charge is 0.491 e. The van der Waals surface area contributed by atoms with Crippen molar-refractivity contribution in [3.8, 4) is 5.75 Å². The summed E-state index contributed by atoms with van der Waals surface area (Å²) >= 11 is 1.33. The quantitative estimate of drug-likeness (QED) is 0.267.